The molecule has 0 radical (unpaired) electrons. The summed E-state index contributed by atoms with van der Waals surface area (Å²) in [7, 11) is 1.54. The van der Waals surface area contributed by atoms with Crippen LogP contribution in [0.5, 0.6) is 0 Å². The summed E-state index contributed by atoms with van der Waals surface area (Å²) in [6.07, 6.45) is 9.76. The minimum atomic E-state index is -0.206. The normalized spacial score (nSPS) is 30.1. The molecule has 0 aromatic rings. The van der Waals surface area contributed by atoms with Gasteiger partial charge in [-0.15, -0.1) is 0 Å². The Morgan fingerprint density at radius 2 is 1.78 bits per heavy atom. The fourth-order valence-corrected chi connectivity index (χ4v) is 4.51. The molecule has 3 rings (SSSR count). The van der Waals surface area contributed by atoms with Crippen molar-refractivity contribution in [3.05, 3.63) is 0 Å². The number of carbonyl (C=O) groups is 1. The highest BCUT2D eigenvalue weighted by molar-refractivity contribution is 5.79. The number of carbonyl (C=O) groups excluding carboxylic acids is 1. The van der Waals surface area contributed by atoms with Crippen LogP contribution in [0.3, 0.4) is 0 Å². The van der Waals surface area contributed by atoms with Crippen molar-refractivity contribution < 1.29 is 14.3 Å². The highest BCUT2D eigenvalue weighted by atomic mass is 16.5. The van der Waals surface area contributed by atoms with Crippen molar-refractivity contribution in [1.82, 2.24) is 0 Å². The SMILES string of the molecule is COC(=O)C1(C2(C3CCCCC3)COC2)CCC1. The van der Waals surface area contributed by atoms with Gasteiger partial charge in [-0.3, -0.25) is 4.79 Å². The van der Waals surface area contributed by atoms with E-state index in [2.05, 4.69) is 0 Å². The molecule has 3 aliphatic rings. The zero-order valence-corrected chi connectivity index (χ0v) is 11.4. The molecule has 0 aromatic carbocycles. The third kappa shape index (κ3) is 1.49. The van der Waals surface area contributed by atoms with Gasteiger partial charge in [-0.2, -0.15) is 0 Å². The van der Waals surface area contributed by atoms with E-state index in [-0.39, 0.29) is 16.8 Å². The maximum atomic E-state index is 12.3. The third-order valence-corrected chi connectivity index (χ3v) is 5.84. The Morgan fingerprint density at radius 3 is 2.17 bits per heavy atom. The molecule has 2 aliphatic carbocycles. The van der Waals surface area contributed by atoms with Crippen molar-refractivity contribution in [3.63, 3.8) is 0 Å². The topological polar surface area (TPSA) is 35.5 Å². The van der Waals surface area contributed by atoms with Crippen molar-refractivity contribution in [1.29, 1.82) is 0 Å². The molecular formula is C15H24O3. The smallest absolute Gasteiger partial charge is 0.312 e. The molecule has 102 valence electrons. The number of ether oxygens (including phenoxy) is 2. The van der Waals surface area contributed by atoms with E-state index < -0.39 is 0 Å². The van der Waals surface area contributed by atoms with E-state index in [0.717, 1.165) is 26.1 Å². The molecule has 0 spiro atoms. The van der Waals surface area contributed by atoms with E-state index in [9.17, 15) is 4.79 Å². The summed E-state index contributed by atoms with van der Waals surface area (Å²) in [4.78, 5) is 12.3. The summed E-state index contributed by atoms with van der Waals surface area (Å²) in [6, 6.07) is 0. The van der Waals surface area contributed by atoms with Crippen molar-refractivity contribution in [3.8, 4) is 0 Å². The second-order valence-corrected chi connectivity index (χ2v) is 6.41. The first-order chi connectivity index (χ1) is 8.75. The first-order valence-corrected chi connectivity index (χ1v) is 7.41. The summed E-state index contributed by atoms with van der Waals surface area (Å²) in [5.74, 6) is 0.710. The Morgan fingerprint density at radius 1 is 1.11 bits per heavy atom. The molecule has 0 unspecified atom stereocenters. The van der Waals surface area contributed by atoms with Crippen LogP contribution in [0.2, 0.25) is 0 Å². The molecular weight excluding hydrogens is 228 g/mol. The lowest BCUT2D eigenvalue weighted by Gasteiger charge is -2.61. The lowest BCUT2D eigenvalue weighted by molar-refractivity contribution is -0.249. The van der Waals surface area contributed by atoms with Gasteiger partial charge < -0.3 is 9.47 Å². The number of hydrogen-bond acceptors (Lipinski definition) is 3. The van der Waals surface area contributed by atoms with E-state index in [1.165, 1.54) is 45.6 Å². The van der Waals surface area contributed by atoms with Crippen molar-refractivity contribution in [2.24, 2.45) is 16.7 Å². The molecule has 1 aliphatic heterocycles. The lowest BCUT2D eigenvalue weighted by Crippen LogP contribution is -2.65. The van der Waals surface area contributed by atoms with Crippen LogP contribution in [0.1, 0.15) is 51.4 Å². The van der Waals surface area contributed by atoms with Gasteiger partial charge in [-0.1, -0.05) is 25.7 Å². The van der Waals surface area contributed by atoms with Gasteiger partial charge >= 0.3 is 5.97 Å². The Kier molecular flexibility index (Phi) is 3.13. The van der Waals surface area contributed by atoms with Gasteiger partial charge in [0.1, 0.15) is 0 Å². The monoisotopic (exact) mass is 252 g/mol. The Hall–Kier alpha value is -0.570. The Balaban J connectivity index is 1.87. The zero-order chi connectivity index (χ0) is 12.6. The van der Waals surface area contributed by atoms with E-state index in [0.29, 0.717) is 5.92 Å². The molecule has 0 amide bonds. The molecule has 2 saturated carbocycles. The predicted molar refractivity (Wildman–Crippen MR) is 68.1 cm³/mol. The van der Waals surface area contributed by atoms with Crippen LogP contribution in [0.4, 0.5) is 0 Å². The zero-order valence-electron chi connectivity index (χ0n) is 11.4. The van der Waals surface area contributed by atoms with Crippen LogP contribution in [-0.2, 0) is 14.3 Å². The molecule has 0 bridgehead atoms. The molecule has 3 fully saturated rings. The van der Waals surface area contributed by atoms with Crippen LogP contribution in [0, 0.1) is 16.7 Å². The van der Waals surface area contributed by atoms with Gasteiger partial charge in [0.25, 0.3) is 0 Å². The Labute approximate surface area is 109 Å². The summed E-state index contributed by atoms with van der Waals surface area (Å²) < 4.78 is 10.7. The minimum Gasteiger partial charge on any atom is -0.469 e. The predicted octanol–water partition coefficient (Wildman–Crippen LogP) is 2.93. The van der Waals surface area contributed by atoms with Crippen molar-refractivity contribution in [2.45, 2.75) is 51.4 Å². The highest BCUT2D eigenvalue weighted by Crippen LogP contribution is 2.63. The van der Waals surface area contributed by atoms with Gasteiger partial charge in [0.05, 0.1) is 25.7 Å². The van der Waals surface area contributed by atoms with Gasteiger partial charge in [-0.25, -0.2) is 0 Å². The van der Waals surface area contributed by atoms with Crippen LogP contribution in [0.25, 0.3) is 0 Å². The summed E-state index contributed by atoms with van der Waals surface area (Å²) in [6.45, 7) is 1.57. The van der Waals surface area contributed by atoms with Gasteiger partial charge in [0.15, 0.2) is 0 Å². The quantitative estimate of drug-likeness (QED) is 0.724. The van der Waals surface area contributed by atoms with Gasteiger partial charge in [0.2, 0.25) is 0 Å². The fraction of sp³-hybridized carbons (Fsp3) is 0.933. The number of rotatable bonds is 3. The average Bonchev–Trinajstić information content (AvgIpc) is 2.31. The Bertz CT molecular complexity index is 323. The molecule has 1 heterocycles. The minimum absolute atomic E-state index is 0.0302. The van der Waals surface area contributed by atoms with Crippen molar-refractivity contribution in [2.75, 3.05) is 20.3 Å². The molecule has 18 heavy (non-hydrogen) atoms. The van der Waals surface area contributed by atoms with E-state index in [4.69, 9.17) is 9.47 Å². The first kappa shape index (κ1) is 12.5. The molecule has 0 N–H and O–H groups in total. The van der Waals surface area contributed by atoms with Crippen LogP contribution in [0.15, 0.2) is 0 Å². The third-order valence-electron chi connectivity index (χ3n) is 5.84. The van der Waals surface area contributed by atoms with E-state index >= 15 is 0 Å². The first-order valence-electron chi connectivity index (χ1n) is 7.41. The number of methoxy groups -OCH3 is 1. The fourth-order valence-electron chi connectivity index (χ4n) is 4.51. The van der Waals surface area contributed by atoms with Crippen LogP contribution >= 0.6 is 0 Å². The molecule has 3 heteroatoms. The maximum absolute atomic E-state index is 12.3. The number of hydrogen-bond donors (Lipinski definition) is 0. The maximum Gasteiger partial charge on any atom is 0.312 e. The van der Waals surface area contributed by atoms with Crippen molar-refractivity contribution >= 4 is 5.97 Å². The largest absolute Gasteiger partial charge is 0.469 e. The number of esters is 1. The molecule has 1 saturated heterocycles. The molecule has 3 nitrogen and oxygen atoms in total. The van der Waals surface area contributed by atoms with Gasteiger partial charge in [0, 0.05) is 5.41 Å². The van der Waals surface area contributed by atoms with E-state index in [1.54, 1.807) is 0 Å². The molecule has 0 atom stereocenters. The summed E-state index contributed by atoms with van der Waals surface area (Å²) >= 11 is 0. The lowest BCUT2D eigenvalue weighted by atomic mass is 9.46. The second-order valence-electron chi connectivity index (χ2n) is 6.41. The summed E-state index contributed by atoms with van der Waals surface area (Å²) in [5.41, 5.74) is -0.0965. The standard InChI is InChI=1S/C15H24O3/c1-17-13(16)14(8-5-9-14)15(10-18-11-15)12-6-3-2-4-7-12/h12H,2-11H2,1H3. The van der Waals surface area contributed by atoms with Crippen LogP contribution in [-0.4, -0.2) is 26.3 Å². The average molecular weight is 252 g/mol. The highest BCUT2D eigenvalue weighted by Gasteiger charge is 2.66. The van der Waals surface area contributed by atoms with Gasteiger partial charge in [-0.05, 0) is 31.6 Å². The second kappa shape index (κ2) is 4.52. The van der Waals surface area contributed by atoms with Crippen LogP contribution < -0.4 is 0 Å². The molecule has 0 aromatic heterocycles. The summed E-state index contributed by atoms with van der Waals surface area (Å²) in [5, 5.41) is 0. The van der Waals surface area contributed by atoms with E-state index in [1.807, 2.05) is 0 Å².